The number of carbonyl (C=O) groups excluding carboxylic acids is 2. The van der Waals surface area contributed by atoms with Crippen LogP contribution in [0.4, 0.5) is 4.79 Å². The molecule has 0 aromatic rings. The third-order valence-electron chi connectivity index (χ3n) is 2.94. The van der Waals surface area contributed by atoms with Crippen molar-refractivity contribution in [2.75, 3.05) is 19.7 Å². The zero-order valence-electron chi connectivity index (χ0n) is 11.1. The van der Waals surface area contributed by atoms with Crippen LogP contribution in [0.3, 0.4) is 0 Å². The number of nitrogens with zero attached hydrogens (tertiary/aromatic N) is 1. The fourth-order valence-corrected chi connectivity index (χ4v) is 2.03. The van der Waals surface area contributed by atoms with Crippen LogP contribution >= 0.6 is 0 Å². The molecule has 0 spiro atoms. The summed E-state index contributed by atoms with van der Waals surface area (Å²) in [5.41, 5.74) is 0. The van der Waals surface area contributed by atoms with E-state index in [0.29, 0.717) is 39.0 Å². The minimum Gasteiger partial charge on any atom is -0.480 e. The number of amides is 2. The summed E-state index contributed by atoms with van der Waals surface area (Å²) in [5.74, 6) is -1.26. The quantitative estimate of drug-likeness (QED) is 0.545. The van der Waals surface area contributed by atoms with Gasteiger partial charge in [0, 0.05) is 19.5 Å². The molecule has 1 unspecified atom stereocenters. The maximum Gasteiger partial charge on any atom is 0.326 e. The molecule has 108 valence electrons. The highest BCUT2D eigenvalue weighted by Gasteiger charge is 2.33. The van der Waals surface area contributed by atoms with Crippen LogP contribution in [0.25, 0.3) is 0 Å². The first kappa shape index (κ1) is 15.3. The molecular weight excluding hydrogens is 252 g/mol. The lowest BCUT2D eigenvalue weighted by atomic mass is 10.2. The van der Waals surface area contributed by atoms with Crippen molar-refractivity contribution >= 4 is 18.0 Å². The Kier molecular flexibility index (Phi) is 6.11. The van der Waals surface area contributed by atoms with E-state index in [9.17, 15) is 14.4 Å². The van der Waals surface area contributed by atoms with E-state index in [-0.39, 0.29) is 18.4 Å². The molecule has 7 nitrogen and oxygen atoms in total. The minimum atomic E-state index is -0.973. The molecule has 1 fully saturated rings. The summed E-state index contributed by atoms with van der Waals surface area (Å²) >= 11 is 0. The van der Waals surface area contributed by atoms with Crippen LogP contribution in [0.5, 0.6) is 0 Å². The maximum atomic E-state index is 11.8. The number of rotatable bonds is 6. The number of nitrogens with one attached hydrogen (secondary N) is 1. The van der Waals surface area contributed by atoms with Gasteiger partial charge in [-0.25, -0.2) is 9.59 Å². The van der Waals surface area contributed by atoms with Gasteiger partial charge in [0.25, 0.3) is 0 Å². The maximum absolute atomic E-state index is 11.8. The highest BCUT2D eigenvalue weighted by molar-refractivity contribution is 5.83. The second-order valence-corrected chi connectivity index (χ2v) is 4.33. The largest absolute Gasteiger partial charge is 0.480 e. The normalized spacial score (nSPS) is 18.2. The summed E-state index contributed by atoms with van der Waals surface area (Å²) in [6.45, 7) is 2.87. The lowest BCUT2D eigenvalue weighted by Crippen LogP contribution is -2.46. The lowest BCUT2D eigenvalue weighted by Gasteiger charge is -2.21. The van der Waals surface area contributed by atoms with Crippen molar-refractivity contribution in [3.63, 3.8) is 0 Å². The molecule has 0 bridgehead atoms. The molecular formula is C12H20N2O5. The van der Waals surface area contributed by atoms with Crippen molar-refractivity contribution in [3.05, 3.63) is 0 Å². The van der Waals surface area contributed by atoms with E-state index < -0.39 is 12.0 Å². The van der Waals surface area contributed by atoms with Gasteiger partial charge in [0.1, 0.15) is 6.04 Å². The Morgan fingerprint density at radius 1 is 1.42 bits per heavy atom. The summed E-state index contributed by atoms with van der Waals surface area (Å²) in [7, 11) is 0. The summed E-state index contributed by atoms with van der Waals surface area (Å²) in [5, 5.41) is 11.6. The molecule has 7 heteroatoms. The molecule has 1 aliphatic rings. The van der Waals surface area contributed by atoms with E-state index in [1.807, 2.05) is 0 Å². The standard InChI is InChI=1S/C12H20N2O5/c1-2-19-10(15)6-3-7-13-12(18)14-8-4-5-9(14)11(16)17/h9H,2-8H2,1H3,(H,13,18)(H,16,17). The Morgan fingerprint density at radius 2 is 2.16 bits per heavy atom. The van der Waals surface area contributed by atoms with E-state index in [1.165, 1.54) is 4.90 Å². The van der Waals surface area contributed by atoms with Crippen LogP contribution in [-0.2, 0) is 14.3 Å². The lowest BCUT2D eigenvalue weighted by molar-refractivity contribution is -0.143. The fraction of sp³-hybridized carbons (Fsp3) is 0.750. The second kappa shape index (κ2) is 7.60. The van der Waals surface area contributed by atoms with Crippen LogP contribution < -0.4 is 5.32 Å². The van der Waals surface area contributed by atoms with Crippen molar-refractivity contribution in [3.8, 4) is 0 Å². The number of carbonyl (C=O) groups is 3. The molecule has 2 amide bonds. The molecule has 0 radical (unpaired) electrons. The average Bonchev–Trinajstić information content (AvgIpc) is 2.84. The van der Waals surface area contributed by atoms with E-state index in [1.54, 1.807) is 6.92 Å². The number of ether oxygens (including phenoxy) is 1. The van der Waals surface area contributed by atoms with Gasteiger partial charge in [0.15, 0.2) is 0 Å². The Hall–Kier alpha value is -1.79. The van der Waals surface area contributed by atoms with Crippen molar-refractivity contribution in [2.45, 2.75) is 38.6 Å². The first-order valence-electron chi connectivity index (χ1n) is 6.49. The smallest absolute Gasteiger partial charge is 0.326 e. The zero-order valence-corrected chi connectivity index (χ0v) is 11.1. The Bertz CT molecular complexity index is 345. The Morgan fingerprint density at radius 3 is 2.79 bits per heavy atom. The fourth-order valence-electron chi connectivity index (χ4n) is 2.03. The van der Waals surface area contributed by atoms with E-state index in [4.69, 9.17) is 9.84 Å². The highest BCUT2D eigenvalue weighted by atomic mass is 16.5. The predicted molar refractivity (Wildman–Crippen MR) is 66.6 cm³/mol. The van der Waals surface area contributed by atoms with Gasteiger partial charge >= 0.3 is 18.0 Å². The SMILES string of the molecule is CCOC(=O)CCCNC(=O)N1CCCC1C(=O)O. The number of likely N-dealkylation sites (tertiary alicyclic amines) is 1. The predicted octanol–water partition coefficient (Wildman–Crippen LogP) is 0.588. The molecule has 0 saturated carbocycles. The highest BCUT2D eigenvalue weighted by Crippen LogP contribution is 2.17. The van der Waals surface area contributed by atoms with E-state index in [0.717, 1.165) is 0 Å². The number of carboxylic acids is 1. The third kappa shape index (κ3) is 4.76. The molecule has 0 aromatic heterocycles. The number of carboxylic acid groups (broad SMARTS) is 1. The van der Waals surface area contributed by atoms with Crippen LogP contribution in [0, 0.1) is 0 Å². The monoisotopic (exact) mass is 272 g/mol. The van der Waals surface area contributed by atoms with Gasteiger partial charge in [-0.15, -0.1) is 0 Å². The van der Waals surface area contributed by atoms with Crippen molar-refractivity contribution in [2.24, 2.45) is 0 Å². The molecule has 1 saturated heterocycles. The van der Waals surface area contributed by atoms with Crippen molar-refractivity contribution < 1.29 is 24.2 Å². The topological polar surface area (TPSA) is 95.9 Å². The van der Waals surface area contributed by atoms with Crippen LogP contribution in [0.15, 0.2) is 0 Å². The zero-order chi connectivity index (χ0) is 14.3. The molecule has 0 aromatic carbocycles. The first-order valence-corrected chi connectivity index (χ1v) is 6.49. The van der Waals surface area contributed by atoms with Gasteiger partial charge in [0.2, 0.25) is 0 Å². The average molecular weight is 272 g/mol. The van der Waals surface area contributed by atoms with E-state index in [2.05, 4.69) is 5.32 Å². The number of aliphatic carboxylic acids is 1. The van der Waals surface area contributed by atoms with Gasteiger partial charge in [-0.3, -0.25) is 4.79 Å². The van der Waals surface area contributed by atoms with Gasteiger partial charge in [0.05, 0.1) is 6.61 Å². The number of hydrogen-bond acceptors (Lipinski definition) is 4. The van der Waals surface area contributed by atoms with Crippen molar-refractivity contribution in [1.29, 1.82) is 0 Å². The summed E-state index contributed by atoms with van der Waals surface area (Å²) in [6.07, 6.45) is 1.92. The van der Waals surface area contributed by atoms with Crippen molar-refractivity contribution in [1.82, 2.24) is 10.2 Å². The van der Waals surface area contributed by atoms with Gasteiger partial charge in [-0.05, 0) is 26.2 Å². The first-order chi connectivity index (χ1) is 9.06. The summed E-state index contributed by atoms with van der Waals surface area (Å²) in [6, 6.07) is -1.11. The molecule has 1 heterocycles. The summed E-state index contributed by atoms with van der Waals surface area (Å²) in [4.78, 5) is 35.1. The van der Waals surface area contributed by atoms with E-state index >= 15 is 0 Å². The number of esters is 1. The van der Waals surface area contributed by atoms with Gasteiger partial charge in [-0.1, -0.05) is 0 Å². The van der Waals surface area contributed by atoms with Crippen LogP contribution in [0.1, 0.15) is 32.6 Å². The second-order valence-electron chi connectivity index (χ2n) is 4.33. The third-order valence-corrected chi connectivity index (χ3v) is 2.94. The molecule has 2 N–H and O–H groups in total. The minimum absolute atomic E-state index is 0.247. The van der Waals surface area contributed by atoms with Crippen LogP contribution in [0.2, 0.25) is 0 Å². The number of urea groups is 1. The molecule has 1 atom stereocenters. The van der Waals surface area contributed by atoms with Crippen LogP contribution in [-0.4, -0.2) is 53.7 Å². The van der Waals surface area contributed by atoms with Gasteiger partial charge in [-0.2, -0.15) is 0 Å². The molecule has 0 aliphatic carbocycles. The Balaban J connectivity index is 2.24. The number of hydrogen-bond donors (Lipinski definition) is 2. The molecule has 1 rings (SSSR count). The molecule has 19 heavy (non-hydrogen) atoms. The summed E-state index contributed by atoms with van der Waals surface area (Å²) < 4.78 is 4.76. The Labute approximate surface area is 111 Å². The van der Waals surface area contributed by atoms with Gasteiger partial charge < -0.3 is 20.1 Å². The molecule has 1 aliphatic heterocycles.